The van der Waals surface area contributed by atoms with Gasteiger partial charge in [-0.3, -0.25) is 0 Å². The van der Waals surface area contributed by atoms with E-state index in [2.05, 4.69) is 6.92 Å². The van der Waals surface area contributed by atoms with E-state index in [1.165, 1.54) is 0 Å². The summed E-state index contributed by atoms with van der Waals surface area (Å²) in [6.45, 7) is 3.54. The molecule has 1 aliphatic carbocycles. The van der Waals surface area contributed by atoms with Crippen LogP contribution in [0.2, 0.25) is 0 Å². The number of fused-ring (bicyclic) bond motifs is 1. The van der Waals surface area contributed by atoms with Gasteiger partial charge in [0.1, 0.15) is 5.75 Å². The van der Waals surface area contributed by atoms with Crippen molar-refractivity contribution in [3.8, 4) is 5.75 Å². The molecule has 0 amide bonds. The highest BCUT2D eigenvalue weighted by molar-refractivity contribution is 5.68. The smallest absolute Gasteiger partial charge is 0.341 e. The summed E-state index contributed by atoms with van der Waals surface area (Å²) in [7, 11) is 0. The molecule has 4 heteroatoms. The maximum Gasteiger partial charge on any atom is 0.341 e. The molecular weight excluding hydrogens is 220 g/mol. The number of ether oxygens (including phenoxy) is 1. The lowest BCUT2D eigenvalue weighted by molar-refractivity contribution is -0.139. The Morgan fingerprint density at radius 2 is 2.29 bits per heavy atom. The van der Waals surface area contributed by atoms with Gasteiger partial charge in [0.15, 0.2) is 6.61 Å². The summed E-state index contributed by atoms with van der Waals surface area (Å²) in [5.74, 6) is -0.470. The zero-order chi connectivity index (χ0) is 12.4. The Labute approximate surface area is 99.8 Å². The number of carbonyl (C=O) groups is 1. The highest BCUT2D eigenvalue weighted by Gasteiger charge is 2.26. The van der Waals surface area contributed by atoms with E-state index in [1.54, 1.807) is 12.1 Å². The first-order valence-corrected chi connectivity index (χ1v) is 5.57. The van der Waals surface area contributed by atoms with Crippen molar-refractivity contribution in [1.29, 1.82) is 0 Å². The summed E-state index contributed by atoms with van der Waals surface area (Å²) in [5, 5.41) is 18.6. The van der Waals surface area contributed by atoms with E-state index in [-0.39, 0.29) is 12.5 Å². The molecule has 1 radical (unpaired) electrons. The fourth-order valence-corrected chi connectivity index (χ4v) is 2.14. The normalized spacial score (nSPS) is 22.9. The molecule has 0 aromatic heterocycles. The third-order valence-electron chi connectivity index (χ3n) is 3.05. The van der Waals surface area contributed by atoms with Gasteiger partial charge < -0.3 is 14.9 Å². The fourth-order valence-electron chi connectivity index (χ4n) is 2.14. The standard InChI is InChI=1S/C13H15O4/c1-8-5-6-9-10(13(8)16)3-2-4-11(9)17-7-12(14)15/h2-4,8,13,16H,1,5-7H2,(H,14,15)/t8-,13+/m1/s1. The maximum atomic E-state index is 10.5. The molecule has 17 heavy (non-hydrogen) atoms. The maximum absolute atomic E-state index is 10.5. The summed E-state index contributed by atoms with van der Waals surface area (Å²) in [5.41, 5.74) is 1.71. The first-order valence-electron chi connectivity index (χ1n) is 5.57. The largest absolute Gasteiger partial charge is 0.482 e. The van der Waals surface area contributed by atoms with E-state index in [4.69, 9.17) is 9.84 Å². The minimum Gasteiger partial charge on any atom is -0.482 e. The Bertz CT molecular complexity index is 427. The van der Waals surface area contributed by atoms with Gasteiger partial charge in [0.2, 0.25) is 0 Å². The van der Waals surface area contributed by atoms with Gasteiger partial charge in [-0.25, -0.2) is 4.79 Å². The summed E-state index contributed by atoms with van der Waals surface area (Å²) in [4.78, 5) is 10.5. The number of aliphatic carboxylic acids is 1. The highest BCUT2D eigenvalue weighted by Crippen LogP contribution is 2.38. The molecule has 4 nitrogen and oxygen atoms in total. The van der Waals surface area contributed by atoms with E-state index in [0.717, 1.165) is 24.0 Å². The minimum absolute atomic E-state index is 0.0165. The molecule has 0 bridgehead atoms. The third kappa shape index (κ3) is 2.42. The van der Waals surface area contributed by atoms with E-state index in [9.17, 15) is 9.90 Å². The molecule has 0 spiro atoms. The molecule has 0 fully saturated rings. The molecule has 2 N–H and O–H groups in total. The fraction of sp³-hybridized carbons (Fsp3) is 0.385. The number of hydrogen-bond donors (Lipinski definition) is 2. The van der Waals surface area contributed by atoms with Crippen molar-refractivity contribution in [2.75, 3.05) is 6.61 Å². The van der Waals surface area contributed by atoms with Crippen LogP contribution < -0.4 is 4.74 Å². The van der Waals surface area contributed by atoms with Crippen LogP contribution in [0, 0.1) is 12.8 Å². The van der Waals surface area contributed by atoms with Crippen molar-refractivity contribution in [2.45, 2.75) is 18.9 Å². The molecule has 0 aliphatic heterocycles. The van der Waals surface area contributed by atoms with Gasteiger partial charge in [-0.05, 0) is 42.9 Å². The van der Waals surface area contributed by atoms with E-state index in [0.29, 0.717) is 5.75 Å². The summed E-state index contributed by atoms with van der Waals surface area (Å²) in [6, 6.07) is 5.33. The number of aliphatic hydroxyl groups is 1. The van der Waals surface area contributed by atoms with Crippen LogP contribution in [0.15, 0.2) is 18.2 Å². The highest BCUT2D eigenvalue weighted by atomic mass is 16.5. The minimum atomic E-state index is -1.01. The molecule has 2 atom stereocenters. The van der Waals surface area contributed by atoms with E-state index in [1.807, 2.05) is 6.07 Å². The van der Waals surface area contributed by atoms with Gasteiger partial charge in [-0.2, -0.15) is 0 Å². The number of carboxylic acids is 1. The van der Waals surface area contributed by atoms with Crippen molar-refractivity contribution in [1.82, 2.24) is 0 Å². The lowest BCUT2D eigenvalue weighted by atomic mass is 9.82. The Kier molecular flexibility index (Phi) is 3.33. The average Bonchev–Trinajstić information content (AvgIpc) is 2.31. The molecule has 0 heterocycles. The molecule has 0 unspecified atom stereocenters. The second-order valence-electron chi connectivity index (χ2n) is 4.25. The molecule has 1 aromatic rings. The molecular formula is C13H15O4. The van der Waals surface area contributed by atoms with Crippen LogP contribution in [0.4, 0.5) is 0 Å². The average molecular weight is 235 g/mol. The second-order valence-corrected chi connectivity index (χ2v) is 4.25. The molecule has 91 valence electrons. The van der Waals surface area contributed by atoms with Gasteiger partial charge in [0.25, 0.3) is 0 Å². The Balaban J connectivity index is 2.27. The molecule has 0 saturated carbocycles. The zero-order valence-electron chi connectivity index (χ0n) is 9.43. The van der Waals surface area contributed by atoms with Crippen molar-refractivity contribution in [2.24, 2.45) is 5.92 Å². The van der Waals surface area contributed by atoms with Crippen LogP contribution in [0.5, 0.6) is 5.75 Å². The zero-order valence-corrected chi connectivity index (χ0v) is 9.43. The third-order valence-corrected chi connectivity index (χ3v) is 3.05. The quantitative estimate of drug-likeness (QED) is 0.834. The number of carboxylic acid groups (broad SMARTS) is 1. The van der Waals surface area contributed by atoms with Crippen LogP contribution in [-0.2, 0) is 11.2 Å². The second kappa shape index (κ2) is 4.75. The Morgan fingerprint density at radius 3 is 3.00 bits per heavy atom. The molecule has 2 rings (SSSR count). The van der Waals surface area contributed by atoms with E-state index < -0.39 is 12.1 Å². The van der Waals surface area contributed by atoms with Crippen LogP contribution in [0.25, 0.3) is 0 Å². The van der Waals surface area contributed by atoms with E-state index >= 15 is 0 Å². The van der Waals surface area contributed by atoms with Crippen molar-refractivity contribution in [3.63, 3.8) is 0 Å². The van der Waals surface area contributed by atoms with Crippen molar-refractivity contribution in [3.05, 3.63) is 36.2 Å². The lowest BCUT2D eigenvalue weighted by Gasteiger charge is -2.28. The summed E-state index contributed by atoms with van der Waals surface area (Å²) < 4.78 is 5.22. The summed E-state index contributed by atoms with van der Waals surface area (Å²) >= 11 is 0. The number of rotatable bonds is 3. The van der Waals surface area contributed by atoms with Gasteiger partial charge in [-0.1, -0.05) is 12.1 Å². The monoisotopic (exact) mass is 235 g/mol. The van der Waals surface area contributed by atoms with Crippen molar-refractivity contribution >= 4 is 5.97 Å². The first-order chi connectivity index (χ1) is 8.09. The van der Waals surface area contributed by atoms with Gasteiger partial charge in [-0.15, -0.1) is 0 Å². The van der Waals surface area contributed by atoms with Crippen molar-refractivity contribution < 1.29 is 19.7 Å². The topological polar surface area (TPSA) is 66.8 Å². The lowest BCUT2D eigenvalue weighted by Crippen LogP contribution is -2.19. The predicted octanol–water partition coefficient (Wildman–Crippen LogP) is 1.58. The molecule has 1 aliphatic rings. The van der Waals surface area contributed by atoms with Crippen LogP contribution in [0.1, 0.15) is 23.7 Å². The van der Waals surface area contributed by atoms with Crippen LogP contribution >= 0.6 is 0 Å². The Hall–Kier alpha value is -1.55. The predicted molar refractivity (Wildman–Crippen MR) is 61.7 cm³/mol. The van der Waals surface area contributed by atoms with Crippen LogP contribution in [0.3, 0.4) is 0 Å². The number of benzene rings is 1. The number of aliphatic hydroxyl groups excluding tert-OH is 1. The summed E-state index contributed by atoms with van der Waals surface area (Å²) in [6.07, 6.45) is 0.949. The Morgan fingerprint density at radius 1 is 1.53 bits per heavy atom. The van der Waals surface area contributed by atoms with Gasteiger partial charge >= 0.3 is 5.97 Å². The molecule has 1 aromatic carbocycles. The molecule has 0 saturated heterocycles. The van der Waals surface area contributed by atoms with Gasteiger partial charge in [0, 0.05) is 0 Å². The SMILES string of the molecule is [CH2][C@@H]1CCc2c(OCC(=O)O)cccc2[C@H]1O. The number of hydrogen-bond acceptors (Lipinski definition) is 3. The van der Waals surface area contributed by atoms with Gasteiger partial charge in [0.05, 0.1) is 6.10 Å². The van der Waals surface area contributed by atoms with Crippen LogP contribution in [-0.4, -0.2) is 22.8 Å². The first kappa shape index (κ1) is 11.9.